The molecule has 16 nitrogen and oxygen atoms in total. The monoisotopic (exact) mass is 940 g/mol. The van der Waals surface area contributed by atoms with E-state index in [9.17, 15) is 37.4 Å². The van der Waals surface area contributed by atoms with Crippen molar-refractivity contribution in [2.45, 2.75) is 55.4 Å². The number of carbonyl (C=O) groups excluding carboxylic acids is 2. The lowest BCUT2D eigenvalue weighted by Gasteiger charge is -2.24. The van der Waals surface area contributed by atoms with Gasteiger partial charge in [0, 0.05) is 96.7 Å². The lowest BCUT2D eigenvalue weighted by atomic mass is 10.0. The summed E-state index contributed by atoms with van der Waals surface area (Å²) >= 11 is 9.50. The molecule has 0 saturated carbocycles. The van der Waals surface area contributed by atoms with Crippen molar-refractivity contribution < 1.29 is 46.8 Å². The number of carbonyl (C=O) groups is 2. The molecule has 342 valence electrons. The molecule has 0 spiro atoms. The highest BCUT2D eigenvalue weighted by Gasteiger charge is 2.37. The van der Waals surface area contributed by atoms with Gasteiger partial charge in [-0.2, -0.15) is 10.2 Å². The molecule has 6 heterocycles. The summed E-state index contributed by atoms with van der Waals surface area (Å²) < 4.78 is 59.5. The molecule has 2 aliphatic rings. The average molecular weight is 942 g/mol. The topological polar surface area (TPSA) is 207 Å². The Bertz CT molecular complexity index is 2580. The Morgan fingerprint density at radius 2 is 1.15 bits per heavy atom. The summed E-state index contributed by atoms with van der Waals surface area (Å²) in [5.41, 5.74) is -5.17. The number of nitrogens with one attached hydrogen (secondary N) is 4. The standard InChI is InChI=1S/C22H22ClF2N5O3.C21H20ClF2N5O3/c1-2-21(32)8-10-30(13-21)19-17(18-7-9-27-29-18)11-14(12-26-19)20(31)28-15-3-5-16(6-4-15)33-22(23,24)25;1-20(31)7-9-29(12-20)18-16(17-6-8-26-28-17)10-13(11-25-18)19(30)27-14-2-4-15(5-3-14)32-21(22,23)24/h3-7,9,11-12,32H,2,8,10,13H2,1H3,(H,27,29)(H,28,31);2-6,8,10-11,31H,7,9,12H2,1H3,(H,26,28)(H,27,30)/t;20-/m.0/s1. The number of hydrogen-bond acceptors (Lipinski definition) is 12. The van der Waals surface area contributed by atoms with Crippen molar-refractivity contribution in [3.8, 4) is 34.0 Å². The third-order valence-corrected chi connectivity index (χ3v) is 10.7. The number of H-pyrrole nitrogens is 2. The van der Waals surface area contributed by atoms with E-state index in [1.165, 1.54) is 60.9 Å². The van der Waals surface area contributed by atoms with Crippen LogP contribution in [0.15, 0.2) is 97.6 Å². The van der Waals surface area contributed by atoms with Gasteiger partial charge < -0.3 is 40.1 Å². The summed E-state index contributed by atoms with van der Waals surface area (Å²) in [6.45, 7) is 5.85. The molecule has 2 aliphatic heterocycles. The van der Waals surface area contributed by atoms with Gasteiger partial charge in [-0.05, 0) is 99.0 Å². The maximum absolute atomic E-state index is 12.8. The minimum atomic E-state index is -3.82. The van der Waals surface area contributed by atoms with Crippen molar-refractivity contribution in [2.75, 3.05) is 46.6 Å². The number of aromatic nitrogens is 6. The van der Waals surface area contributed by atoms with E-state index in [1.807, 2.05) is 16.7 Å². The number of benzene rings is 2. The van der Waals surface area contributed by atoms with Crippen LogP contribution >= 0.6 is 23.2 Å². The van der Waals surface area contributed by atoms with E-state index in [0.717, 1.165) is 0 Å². The number of alkyl halides is 6. The third kappa shape index (κ3) is 12.2. The number of rotatable bonds is 13. The van der Waals surface area contributed by atoms with Crippen LogP contribution < -0.4 is 29.9 Å². The summed E-state index contributed by atoms with van der Waals surface area (Å²) in [4.78, 5) is 38.6. The molecule has 65 heavy (non-hydrogen) atoms. The van der Waals surface area contributed by atoms with Crippen LogP contribution in [-0.2, 0) is 0 Å². The predicted octanol–water partition coefficient (Wildman–Crippen LogP) is 8.10. The van der Waals surface area contributed by atoms with E-state index >= 15 is 0 Å². The number of halogens is 6. The number of aromatic amines is 2. The van der Waals surface area contributed by atoms with Crippen molar-refractivity contribution in [3.05, 3.63) is 109 Å². The fraction of sp³-hybridized carbons (Fsp3) is 0.302. The minimum Gasteiger partial charge on any atom is -0.420 e. The first-order valence-electron chi connectivity index (χ1n) is 20.0. The number of nitrogens with zero attached hydrogens (tertiary/aromatic N) is 6. The second-order valence-corrected chi connectivity index (χ2v) is 16.5. The number of ether oxygens (including phenoxy) is 2. The van der Waals surface area contributed by atoms with E-state index in [1.54, 1.807) is 43.6 Å². The van der Waals surface area contributed by atoms with Gasteiger partial charge in [0.25, 0.3) is 11.8 Å². The van der Waals surface area contributed by atoms with E-state index in [0.29, 0.717) is 96.5 Å². The van der Waals surface area contributed by atoms with Crippen molar-refractivity contribution in [3.63, 3.8) is 0 Å². The molecular formula is C43H42Cl2F4N10O6. The first kappa shape index (κ1) is 46.5. The molecule has 2 saturated heterocycles. The van der Waals surface area contributed by atoms with Gasteiger partial charge in [-0.3, -0.25) is 19.8 Å². The van der Waals surface area contributed by atoms with Gasteiger partial charge in [-0.1, -0.05) is 6.92 Å². The van der Waals surface area contributed by atoms with Gasteiger partial charge >= 0.3 is 11.1 Å². The second-order valence-electron chi connectivity index (χ2n) is 15.6. The van der Waals surface area contributed by atoms with Crippen LogP contribution in [-0.4, -0.2) is 101 Å². The zero-order valence-electron chi connectivity index (χ0n) is 34.7. The fourth-order valence-electron chi connectivity index (χ4n) is 7.21. The van der Waals surface area contributed by atoms with Crippen LogP contribution in [0.2, 0.25) is 0 Å². The normalized spacial score (nSPS) is 18.5. The lowest BCUT2D eigenvalue weighted by molar-refractivity contribution is -0.0972. The molecule has 2 amide bonds. The van der Waals surface area contributed by atoms with Gasteiger partial charge in [-0.25, -0.2) is 9.97 Å². The molecule has 6 aromatic rings. The Kier molecular flexibility index (Phi) is 13.5. The molecular weight excluding hydrogens is 899 g/mol. The number of amides is 2. The molecule has 2 aromatic carbocycles. The highest BCUT2D eigenvalue weighted by Crippen LogP contribution is 2.36. The molecule has 2 fully saturated rings. The zero-order chi connectivity index (χ0) is 46.6. The minimum absolute atomic E-state index is 0.141. The van der Waals surface area contributed by atoms with Crippen LogP contribution in [0.5, 0.6) is 11.5 Å². The van der Waals surface area contributed by atoms with Gasteiger partial charge in [0.15, 0.2) is 0 Å². The van der Waals surface area contributed by atoms with E-state index in [4.69, 9.17) is 23.2 Å². The summed E-state index contributed by atoms with van der Waals surface area (Å²) in [6, 6.07) is 17.7. The fourth-order valence-corrected chi connectivity index (χ4v) is 7.39. The second kappa shape index (κ2) is 18.9. The quantitative estimate of drug-likeness (QED) is 0.0480. The number of β-amino-alcohol motifs (C(OH)–C–C–N with tert-alkyl or cyclic N) is 2. The third-order valence-electron chi connectivity index (χ3n) is 10.6. The summed E-state index contributed by atoms with van der Waals surface area (Å²) in [7, 11) is 0. The molecule has 0 radical (unpaired) electrons. The summed E-state index contributed by atoms with van der Waals surface area (Å²) in [5, 5.41) is 40.1. The average Bonchev–Trinajstić information content (AvgIpc) is 4.10. The molecule has 6 N–H and O–H groups in total. The molecule has 2 atom stereocenters. The SMILES string of the molecule is CCC1(O)CCN(c2ncc(C(=O)Nc3ccc(OC(F)(F)Cl)cc3)cc2-c2ccn[nH]2)C1.C[C@]1(O)CCN(c2ncc(C(=O)Nc3ccc(OC(F)(F)Cl)cc3)cc2-c2ccn[nH]2)C1. The van der Waals surface area contributed by atoms with Crippen molar-refractivity contribution >= 4 is 58.0 Å². The maximum Gasteiger partial charge on any atom is 0.487 e. The van der Waals surface area contributed by atoms with E-state index in [2.05, 4.69) is 50.5 Å². The summed E-state index contributed by atoms with van der Waals surface area (Å²) in [5.74, 6) is 0.123. The summed E-state index contributed by atoms with van der Waals surface area (Å²) in [6.07, 6.45) is 7.98. The Hall–Kier alpha value is -6.48. The van der Waals surface area contributed by atoms with Crippen molar-refractivity contribution in [1.82, 2.24) is 30.4 Å². The number of anilines is 4. The molecule has 0 bridgehead atoms. The maximum atomic E-state index is 12.8. The van der Waals surface area contributed by atoms with Crippen LogP contribution in [0.25, 0.3) is 22.5 Å². The number of aliphatic hydroxyl groups is 2. The first-order chi connectivity index (χ1) is 30.8. The Balaban J connectivity index is 0.000000194. The van der Waals surface area contributed by atoms with Crippen LogP contribution in [0.3, 0.4) is 0 Å². The number of pyridine rings is 2. The Morgan fingerprint density at radius 3 is 1.51 bits per heavy atom. The van der Waals surface area contributed by atoms with E-state index < -0.39 is 34.2 Å². The molecule has 1 unspecified atom stereocenters. The molecule has 8 rings (SSSR count). The van der Waals surface area contributed by atoms with Gasteiger partial charge in [0.05, 0.1) is 33.7 Å². The Morgan fingerprint density at radius 1 is 0.723 bits per heavy atom. The van der Waals surface area contributed by atoms with Crippen LogP contribution in [0, 0.1) is 0 Å². The molecule has 22 heteroatoms. The smallest absolute Gasteiger partial charge is 0.420 e. The van der Waals surface area contributed by atoms with Gasteiger partial charge in [0.2, 0.25) is 0 Å². The van der Waals surface area contributed by atoms with Crippen LogP contribution in [0.1, 0.15) is 53.8 Å². The highest BCUT2D eigenvalue weighted by molar-refractivity contribution is 6.21. The zero-order valence-corrected chi connectivity index (χ0v) is 36.2. The van der Waals surface area contributed by atoms with Gasteiger partial charge in [-0.15, -0.1) is 17.6 Å². The first-order valence-corrected chi connectivity index (χ1v) is 20.8. The van der Waals surface area contributed by atoms with Crippen LogP contribution in [0.4, 0.5) is 40.6 Å². The van der Waals surface area contributed by atoms with E-state index in [-0.39, 0.29) is 17.1 Å². The molecule has 4 aromatic heterocycles. The van der Waals surface area contributed by atoms with Crippen molar-refractivity contribution in [2.24, 2.45) is 0 Å². The predicted molar refractivity (Wildman–Crippen MR) is 235 cm³/mol. The largest absolute Gasteiger partial charge is 0.487 e. The number of hydrogen-bond donors (Lipinski definition) is 6. The lowest BCUT2D eigenvalue weighted by Crippen LogP contribution is -2.32. The molecule has 0 aliphatic carbocycles. The highest BCUT2D eigenvalue weighted by atomic mass is 35.5. The van der Waals surface area contributed by atoms with Gasteiger partial charge in [0.1, 0.15) is 23.1 Å². The Labute approximate surface area is 378 Å². The van der Waals surface area contributed by atoms with Crippen molar-refractivity contribution in [1.29, 1.82) is 0 Å².